The lowest BCUT2D eigenvalue weighted by Gasteiger charge is -2.40. The fourth-order valence-corrected chi connectivity index (χ4v) is 6.94. The van der Waals surface area contributed by atoms with Crippen LogP contribution in [-0.2, 0) is 16.0 Å². The monoisotopic (exact) mass is 520 g/mol. The predicted molar refractivity (Wildman–Crippen MR) is 155 cm³/mol. The smallest absolute Gasteiger partial charge is 0.234 e. The molecule has 1 aliphatic heterocycles. The van der Waals surface area contributed by atoms with Crippen molar-refractivity contribution in [2.75, 3.05) is 7.05 Å². The second-order valence-corrected chi connectivity index (χ2v) is 11.1. The van der Waals surface area contributed by atoms with Crippen LogP contribution in [0.1, 0.15) is 54.5 Å². The van der Waals surface area contributed by atoms with Gasteiger partial charge in [-0.25, -0.2) is 0 Å². The Morgan fingerprint density at radius 3 is 2.23 bits per heavy atom. The number of likely N-dealkylation sites (N-methyl/N-ethyl adjacent to an activating group) is 1. The van der Waals surface area contributed by atoms with Crippen LogP contribution in [0, 0.1) is 11.8 Å². The molecule has 0 spiro atoms. The van der Waals surface area contributed by atoms with Crippen molar-refractivity contribution >= 4 is 22.7 Å². The summed E-state index contributed by atoms with van der Waals surface area (Å²) in [5, 5.41) is 7.68. The molecule has 6 heteroatoms. The van der Waals surface area contributed by atoms with E-state index in [1.807, 2.05) is 30.3 Å². The van der Waals surface area contributed by atoms with Crippen molar-refractivity contribution in [2.24, 2.45) is 17.6 Å². The lowest BCUT2D eigenvalue weighted by molar-refractivity contribution is -0.124. The fourth-order valence-electron chi connectivity index (χ4n) is 6.94. The zero-order valence-electron chi connectivity index (χ0n) is 22.3. The number of carbonyl (C=O) groups is 2. The average Bonchev–Trinajstić information content (AvgIpc) is 3.36. The Morgan fingerprint density at radius 2 is 1.54 bits per heavy atom. The van der Waals surface area contributed by atoms with Crippen LogP contribution in [-0.4, -0.2) is 29.9 Å². The van der Waals surface area contributed by atoms with Crippen molar-refractivity contribution in [1.82, 2.24) is 15.6 Å². The van der Waals surface area contributed by atoms with Gasteiger partial charge in [0.2, 0.25) is 11.8 Å². The molecule has 1 aromatic heterocycles. The number of benzene rings is 3. The number of para-hydroxylation sites is 1. The molecular weight excluding hydrogens is 484 g/mol. The highest BCUT2D eigenvalue weighted by Crippen LogP contribution is 2.45. The fraction of sp³-hybridized carbons (Fsp3) is 0.333. The summed E-state index contributed by atoms with van der Waals surface area (Å²) >= 11 is 0. The number of rotatable bonds is 6. The number of primary amides is 1. The summed E-state index contributed by atoms with van der Waals surface area (Å²) in [6.07, 6.45) is 4.49. The highest BCUT2D eigenvalue weighted by molar-refractivity contribution is 5.88. The van der Waals surface area contributed by atoms with Crippen LogP contribution >= 0.6 is 0 Å². The van der Waals surface area contributed by atoms with Crippen LogP contribution in [0.3, 0.4) is 0 Å². The van der Waals surface area contributed by atoms with Crippen LogP contribution < -0.4 is 16.4 Å². The van der Waals surface area contributed by atoms with E-state index < -0.39 is 0 Å². The van der Waals surface area contributed by atoms with Crippen LogP contribution in [0.25, 0.3) is 22.0 Å². The number of aromatic amines is 1. The standard InChI is InChI=1S/C33H36N4O2/c1-35-33(39)29(22-13-11-21(12-14-22)20-7-3-2-4-8-20)23-15-17-24(18-16-23)30-31-26(19-28(37-30)32(34)38)25-9-5-6-10-27(25)36-31/h2-14,23-24,28-30,36-37H,15-19H2,1H3,(H2,34,38)(H,35,39)/t23?,24?,28?,29-,30+/m0/s1. The molecule has 3 atom stereocenters. The molecule has 0 bridgehead atoms. The number of hydrogen-bond donors (Lipinski definition) is 4. The highest BCUT2D eigenvalue weighted by atomic mass is 16.2. The molecule has 39 heavy (non-hydrogen) atoms. The van der Waals surface area contributed by atoms with Gasteiger partial charge in [0.1, 0.15) is 0 Å². The molecule has 2 aliphatic rings. The van der Waals surface area contributed by atoms with Crippen LogP contribution in [0.5, 0.6) is 0 Å². The van der Waals surface area contributed by atoms with E-state index >= 15 is 0 Å². The van der Waals surface area contributed by atoms with E-state index in [1.54, 1.807) is 7.05 Å². The first-order valence-electron chi connectivity index (χ1n) is 14.0. The normalized spacial score (nSPS) is 23.6. The summed E-state index contributed by atoms with van der Waals surface area (Å²) in [4.78, 5) is 29.1. The lowest BCUT2D eigenvalue weighted by atomic mass is 9.70. The first kappa shape index (κ1) is 25.4. The molecule has 2 heterocycles. The van der Waals surface area contributed by atoms with Gasteiger partial charge in [0.05, 0.1) is 18.0 Å². The minimum absolute atomic E-state index is 0.0446. The summed E-state index contributed by atoms with van der Waals surface area (Å²) in [5.74, 6) is 0.223. The molecular formula is C33H36N4O2. The quantitative estimate of drug-likeness (QED) is 0.281. The maximum atomic E-state index is 13.2. The number of nitrogens with two attached hydrogens (primary N) is 1. The molecule has 2 amide bonds. The third kappa shape index (κ3) is 4.85. The molecule has 1 unspecified atom stereocenters. The van der Waals surface area contributed by atoms with E-state index in [9.17, 15) is 9.59 Å². The number of nitrogens with one attached hydrogen (secondary N) is 3. The third-order valence-electron chi connectivity index (χ3n) is 8.96. The van der Waals surface area contributed by atoms with Crippen molar-refractivity contribution < 1.29 is 9.59 Å². The van der Waals surface area contributed by atoms with Gasteiger partial charge >= 0.3 is 0 Å². The summed E-state index contributed by atoms with van der Waals surface area (Å²) in [5.41, 5.74) is 12.7. The Balaban J connectivity index is 1.22. The van der Waals surface area contributed by atoms with E-state index in [-0.39, 0.29) is 35.7 Å². The Morgan fingerprint density at radius 1 is 0.872 bits per heavy atom. The Labute approximate surface area is 229 Å². The van der Waals surface area contributed by atoms with Crippen molar-refractivity contribution in [3.05, 3.63) is 95.7 Å². The molecule has 3 aromatic carbocycles. The van der Waals surface area contributed by atoms with Crippen molar-refractivity contribution in [3.8, 4) is 11.1 Å². The van der Waals surface area contributed by atoms with Crippen LogP contribution in [0.15, 0.2) is 78.9 Å². The molecule has 6 nitrogen and oxygen atoms in total. The van der Waals surface area contributed by atoms with Gasteiger partial charge < -0.3 is 16.0 Å². The SMILES string of the molecule is CNC(=O)[C@@H](c1ccc(-c2ccccc2)cc1)C1CCC([C@H]2NC(C(N)=O)Cc3c2[nH]c2ccccc32)CC1. The molecule has 200 valence electrons. The van der Waals surface area contributed by atoms with E-state index in [0.717, 1.165) is 42.3 Å². The first-order valence-corrected chi connectivity index (χ1v) is 14.0. The minimum Gasteiger partial charge on any atom is -0.368 e. The first-order chi connectivity index (χ1) is 19.0. The maximum absolute atomic E-state index is 13.2. The van der Waals surface area contributed by atoms with Gasteiger partial charge in [-0.3, -0.25) is 14.9 Å². The topological polar surface area (TPSA) is 100 Å². The van der Waals surface area contributed by atoms with Gasteiger partial charge in [0, 0.05) is 23.6 Å². The van der Waals surface area contributed by atoms with E-state index in [0.29, 0.717) is 12.3 Å². The van der Waals surface area contributed by atoms with E-state index in [4.69, 9.17) is 5.73 Å². The second kappa shape index (κ2) is 10.7. The average molecular weight is 521 g/mol. The molecule has 1 fully saturated rings. The van der Waals surface area contributed by atoms with Gasteiger partial charge in [-0.15, -0.1) is 0 Å². The minimum atomic E-state index is -0.374. The van der Waals surface area contributed by atoms with Gasteiger partial charge in [-0.2, -0.15) is 0 Å². The maximum Gasteiger partial charge on any atom is 0.234 e. The predicted octanol–water partition coefficient (Wildman–Crippen LogP) is 5.21. The van der Waals surface area contributed by atoms with Gasteiger partial charge in [0.25, 0.3) is 0 Å². The summed E-state index contributed by atoms with van der Waals surface area (Å²) in [6.45, 7) is 0. The second-order valence-electron chi connectivity index (χ2n) is 11.1. The van der Waals surface area contributed by atoms with Crippen LogP contribution in [0.4, 0.5) is 0 Å². The van der Waals surface area contributed by atoms with Crippen molar-refractivity contribution in [1.29, 1.82) is 0 Å². The van der Waals surface area contributed by atoms with Gasteiger partial charge in [-0.05, 0) is 72.3 Å². The number of carbonyl (C=O) groups excluding carboxylic acids is 2. The molecule has 1 aliphatic carbocycles. The number of H-pyrrole nitrogens is 1. The van der Waals surface area contributed by atoms with Gasteiger partial charge in [-0.1, -0.05) is 72.8 Å². The summed E-state index contributed by atoms with van der Waals surface area (Å²) in [7, 11) is 1.73. The molecule has 1 saturated carbocycles. The highest BCUT2D eigenvalue weighted by Gasteiger charge is 2.40. The molecule has 0 saturated heterocycles. The summed E-state index contributed by atoms with van der Waals surface area (Å²) < 4.78 is 0. The number of aromatic nitrogens is 1. The Kier molecular flexibility index (Phi) is 6.96. The number of hydrogen-bond acceptors (Lipinski definition) is 3. The van der Waals surface area contributed by atoms with Gasteiger partial charge in [0.15, 0.2) is 0 Å². The molecule has 4 aromatic rings. The number of amides is 2. The zero-order valence-corrected chi connectivity index (χ0v) is 22.3. The molecule has 5 N–H and O–H groups in total. The third-order valence-corrected chi connectivity index (χ3v) is 8.96. The zero-order chi connectivity index (χ0) is 26.9. The summed E-state index contributed by atoms with van der Waals surface area (Å²) in [6, 6.07) is 26.8. The van der Waals surface area contributed by atoms with Crippen molar-refractivity contribution in [2.45, 2.75) is 50.1 Å². The lowest BCUT2D eigenvalue weighted by Crippen LogP contribution is -2.50. The Bertz CT molecular complexity index is 1470. The Hall–Kier alpha value is -3.90. The largest absolute Gasteiger partial charge is 0.368 e. The van der Waals surface area contributed by atoms with E-state index in [2.05, 4.69) is 64.1 Å². The van der Waals surface area contributed by atoms with Crippen LogP contribution in [0.2, 0.25) is 0 Å². The van der Waals surface area contributed by atoms with E-state index in [1.165, 1.54) is 22.2 Å². The molecule has 6 rings (SSSR count). The number of fused-ring (bicyclic) bond motifs is 3. The molecule has 0 radical (unpaired) electrons. The van der Waals surface area contributed by atoms with Crippen molar-refractivity contribution in [3.63, 3.8) is 0 Å².